The van der Waals surface area contributed by atoms with Gasteiger partial charge in [0.1, 0.15) is 5.82 Å². The second-order valence-corrected chi connectivity index (χ2v) is 6.73. The smallest absolute Gasteiger partial charge is 0.318 e. The predicted molar refractivity (Wildman–Crippen MR) is 98.8 cm³/mol. The van der Waals surface area contributed by atoms with Crippen molar-refractivity contribution < 1.29 is 4.79 Å². The lowest BCUT2D eigenvalue weighted by Gasteiger charge is -2.36. The van der Waals surface area contributed by atoms with E-state index in [9.17, 15) is 4.79 Å². The number of aromatic nitrogens is 1. The number of hydrogen-bond acceptors (Lipinski definition) is 4. The molecule has 4 rings (SSSR count). The van der Waals surface area contributed by atoms with Crippen molar-refractivity contribution in [2.24, 2.45) is 0 Å². The molecular formula is C20H21N5O. The number of urea groups is 1. The Hall–Kier alpha value is -3.07. The fourth-order valence-corrected chi connectivity index (χ4v) is 3.75. The number of nitrogens with zero attached hydrogens (tertiary/aromatic N) is 4. The summed E-state index contributed by atoms with van der Waals surface area (Å²) in [5.74, 6) is 0.800. The molecule has 1 aliphatic carbocycles. The van der Waals surface area contributed by atoms with Crippen LogP contribution in [0.2, 0.25) is 0 Å². The Morgan fingerprint density at radius 1 is 1.19 bits per heavy atom. The standard InChI is InChI=1S/C20H21N5O/c21-14-15-7-8-22-19(13-15)24-9-11-25(12-10-24)20(26)23-18-6-5-16-3-1-2-4-17(16)18/h1-4,7-8,13,18H,5-6,9-12H2,(H,23,26). The highest BCUT2D eigenvalue weighted by molar-refractivity contribution is 5.75. The average Bonchev–Trinajstić information content (AvgIpc) is 3.11. The molecule has 1 unspecified atom stereocenters. The van der Waals surface area contributed by atoms with Gasteiger partial charge in [0, 0.05) is 32.4 Å². The Morgan fingerprint density at radius 3 is 2.81 bits per heavy atom. The number of aryl methyl sites for hydroxylation is 1. The van der Waals surface area contributed by atoms with Gasteiger partial charge >= 0.3 is 6.03 Å². The molecule has 6 heteroatoms. The summed E-state index contributed by atoms with van der Waals surface area (Å²) in [7, 11) is 0. The monoisotopic (exact) mass is 347 g/mol. The van der Waals surface area contributed by atoms with Gasteiger partial charge in [0.2, 0.25) is 0 Å². The lowest BCUT2D eigenvalue weighted by molar-refractivity contribution is 0.190. The molecule has 1 aliphatic heterocycles. The zero-order valence-electron chi connectivity index (χ0n) is 14.6. The first-order valence-corrected chi connectivity index (χ1v) is 8.99. The highest BCUT2D eigenvalue weighted by atomic mass is 16.2. The van der Waals surface area contributed by atoms with E-state index < -0.39 is 0 Å². The van der Waals surface area contributed by atoms with Crippen LogP contribution < -0.4 is 10.2 Å². The van der Waals surface area contributed by atoms with Gasteiger partial charge in [-0.05, 0) is 36.1 Å². The molecule has 6 nitrogen and oxygen atoms in total. The summed E-state index contributed by atoms with van der Waals surface area (Å²) in [5.41, 5.74) is 3.19. The van der Waals surface area contributed by atoms with Gasteiger partial charge in [-0.3, -0.25) is 0 Å². The largest absolute Gasteiger partial charge is 0.353 e. The van der Waals surface area contributed by atoms with E-state index in [-0.39, 0.29) is 12.1 Å². The van der Waals surface area contributed by atoms with Crippen molar-refractivity contribution in [1.29, 1.82) is 5.26 Å². The zero-order chi connectivity index (χ0) is 17.9. The molecule has 1 aromatic carbocycles. The Morgan fingerprint density at radius 2 is 2.00 bits per heavy atom. The minimum atomic E-state index is 0.00471. The van der Waals surface area contributed by atoms with Crippen LogP contribution in [0.15, 0.2) is 42.6 Å². The number of carbonyl (C=O) groups is 1. The fraction of sp³-hybridized carbons (Fsp3) is 0.350. The maximum absolute atomic E-state index is 12.6. The van der Waals surface area contributed by atoms with Crippen molar-refractivity contribution in [1.82, 2.24) is 15.2 Å². The topological polar surface area (TPSA) is 72.3 Å². The van der Waals surface area contributed by atoms with Crippen LogP contribution in [-0.2, 0) is 6.42 Å². The summed E-state index contributed by atoms with van der Waals surface area (Å²) in [6.45, 7) is 2.74. The number of rotatable bonds is 2. The van der Waals surface area contributed by atoms with Crippen LogP contribution in [0.3, 0.4) is 0 Å². The Bertz CT molecular complexity index is 851. The number of benzene rings is 1. The van der Waals surface area contributed by atoms with Crippen molar-refractivity contribution in [3.63, 3.8) is 0 Å². The van der Waals surface area contributed by atoms with Gasteiger partial charge in [0.05, 0.1) is 17.7 Å². The molecule has 1 atom stereocenters. The van der Waals surface area contributed by atoms with Crippen LogP contribution in [0.5, 0.6) is 0 Å². The van der Waals surface area contributed by atoms with Gasteiger partial charge in [-0.1, -0.05) is 24.3 Å². The lowest BCUT2D eigenvalue weighted by Crippen LogP contribution is -2.52. The molecule has 0 spiro atoms. The molecule has 26 heavy (non-hydrogen) atoms. The van der Waals surface area contributed by atoms with Gasteiger partial charge in [-0.15, -0.1) is 0 Å². The number of carbonyl (C=O) groups excluding carboxylic acids is 1. The van der Waals surface area contributed by atoms with E-state index in [1.807, 2.05) is 11.0 Å². The highest BCUT2D eigenvalue weighted by Gasteiger charge is 2.27. The van der Waals surface area contributed by atoms with Crippen LogP contribution in [0.4, 0.5) is 10.6 Å². The first kappa shape index (κ1) is 16.4. The van der Waals surface area contributed by atoms with Gasteiger partial charge in [-0.2, -0.15) is 5.26 Å². The molecule has 0 saturated carbocycles. The normalized spacial score (nSPS) is 19.0. The quantitative estimate of drug-likeness (QED) is 0.906. The number of nitriles is 1. The maximum atomic E-state index is 12.6. The van der Waals surface area contributed by atoms with Gasteiger partial charge in [0.25, 0.3) is 0 Å². The van der Waals surface area contributed by atoms with Crippen LogP contribution >= 0.6 is 0 Å². The lowest BCUT2D eigenvalue weighted by atomic mass is 10.1. The fourth-order valence-electron chi connectivity index (χ4n) is 3.75. The molecule has 2 aromatic rings. The number of fused-ring (bicyclic) bond motifs is 1. The van der Waals surface area contributed by atoms with E-state index in [1.165, 1.54) is 11.1 Å². The van der Waals surface area contributed by atoms with Crippen molar-refractivity contribution in [3.05, 3.63) is 59.3 Å². The van der Waals surface area contributed by atoms with E-state index in [0.717, 1.165) is 31.7 Å². The molecule has 0 bridgehead atoms. The molecule has 1 N–H and O–H groups in total. The van der Waals surface area contributed by atoms with Crippen LogP contribution in [0, 0.1) is 11.3 Å². The number of amides is 2. The van der Waals surface area contributed by atoms with E-state index in [4.69, 9.17) is 5.26 Å². The summed E-state index contributed by atoms with van der Waals surface area (Å²) in [5, 5.41) is 12.2. The average molecular weight is 347 g/mol. The summed E-state index contributed by atoms with van der Waals surface area (Å²) < 4.78 is 0. The van der Waals surface area contributed by atoms with E-state index >= 15 is 0 Å². The summed E-state index contributed by atoms with van der Waals surface area (Å²) in [6.07, 6.45) is 3.65. The van der Waals surface area contributed by atoms with Crippen LogP contribution in [0.25, 0.3) is 0 Å². The molecule has 0 radical (unpaired) electrons. The molecular weight excluding hydrogens is 326 g/mol. The highest BCUT2D eigenvalue weighted by Crippen LogP contribution is 2.30. The number of pyridine rings is 1. The minimum absolute atomic E-state index is 0.00471. The minimum Gasteiger partial charge on any atom is -0.353 e. The second kappa shape index (κ2) is 7.04. The third-order valence-electron chi connectivity index (χ3n) is 5.20. The van der Waals surface area contributed by atoms with Crippen LogP contribution in [0.1, 0.15) is 29.2 Å². The molecule has 1 fully saturated rings. The van der Waals surface area contributed by atoms with Crippen molar-refractivity contribution in [2.45, 2.75) is 18.9 Å². The molecule has 132 valence electrons. The maximum Gasteiger partial charge on any atom is 0.318 e. The molecule has 2 amide bonds. The molecule has 1 saturated heterocycles. The Kier molecular flexibility index (Phi) is 4.44. The first-order chi connectivity index (χ1) is 12.7. The van der Waals surface area contributed by atoms with Crippen molar-refractivity contribution in [3.8, 4) is 6.07 Å². The Balaban J connectivity index is 1.35. The summed E-state index contributed by atoms with van der Waals surface area (Å²) in [6, 6.07) is 14.1. The third-order valence-corrected chi connectivity index (χ3v) is 5.20. The molecule has 2 heterocycles. The second-order valence-electron chi connectivity index (χ2n) is 6.73. The Labute approximate surface area is 153 Å². The number of anilines is 1. The van der Waals surface area contributed by atoms with Gasteiger partial charge in [0.15, 0.2) is 0 Å². The van der Waals surface area contributed by atoms with Crippen molar-refractivity contribution >= 4 is 11.8 Å². The van der Waals surface area contributed by atoms with Crippen molar-refractivity contribution in [2.75, 3.05) is 31.1 Å². The molecule has 2 aliphatic rings. The number of piperazine rings is 1. The van der Waals surface area contributed by atoms with Gasteiger partial charge in [-0.25, -0.2) is 9.78 Å². The first-order valence-electron chi connectivity index (χ1n) is 8.99. The van der Waals surface area contributed by atoms with Gasteiger partial charge < -0.3 is 15.1 Å². The van der Waals surface area contributed by atoms with Crippen LogP contribution in [-0.4, -0.2) is 42.1 Å². The predicted octanol–water partition coefficient (Wildman–Crippen LogP) is 2.47. The summed E-state index contributed by atoms with van der Waals surface area (Å²) in [4.78, 5) is 21.0. The van der Waals surface area contributed by atoms with E-state index in [1.54, 1.807) is 18.3 Å². The van der Waals surface area contributed by atoms with E-state index in [2.05, 4.69) is 39.5 Å². The van der Waals surface area contributed by atoms with E-state index in [0.29, 0.717) is 18.7 Å². The zero-order valence-corrected chi connectivity index (χ0v) is 14.6. The molecule has 1 aromatic heterocycles. The number of hydrogen-bond donors (Lipinski definition) is 1. The third kappa shape index (κ3) is 3.21. The number of nitrogens with one attached hydrogen (secondary N) is 1. The summed E-state index contributed by atoms with van der Waals surface area (Å²) >= 11 is 0. The SMILES string of the molecule is N#Cc1ccnc(N2CCN(C(=O)NC3CCc4ccccc43)CC2)c1.